The van der Waals surface area contributed by atoms with Crippen LogP contribution >= 0.6 is 0 Å². The van der Waals surface area contributed by atoms with E-state index < -0.39 is 5.97 Å². The highest BCUT2D eigenvalue weighted by atomic mass is 16.5. The predicted molar refractivity (Wildman–Crippen MR) is 101 cm³/mol. The molecule has 0 aliphatic carbocycles. The fourth-order valence-corrected chi connectivity index (χ4v) is 2.76. The first-order valence-electron chi connectivity index (χ1n) is 8.23. The summed E-state index contributed by atoms with van der Waals surface area (Å²) in [6.07, 6.45) is 5.67. The Bertz CT molecular complexity index is 943. The van der Waals surface area contributed by atoms with Crippen molar-refractivity contribution < 1.29 is 14.6 Å². The van der Waals surface area contributed by atoms with Gasteiger partial charge in [0.1, 0.15) is 5.75 Å². The Morgan fingerprint density at radius 1 is 1.23 bits per heavy atom. The molecule has 3 rings (SSSR count). The molecule has 5 nitrogen and oxygen atoms in total. The van der Waals surface area contributed by atoms with E-state index in [1.54, 1.807) is 19.5 Å². The molecular weight excluding hydrogens is 328 g/mol. The Balaban J connectivity index is 1.94. The zero-order valence-corrected chi connectivity index (χ0v) is 14.7. The molecule has 1 N–H and O–H groups in total. The molecule has 2 aromatic carbocycles. The highest BCUT2D eigenvalue weighted by Gasteiger charge is 2.11. The van der Waals surface area contributed by atoms with E-state index in [0.29, 0.717) is 17.7 Å². The molecule has 1 aromatic heterocycles. The van der Waals surface area contributed by atoms with Crippen molar-refractivity contribution in [3.05, 3.63) is 83.4 Å². The molecule has 132 valence electrons. The number of aromatic nitrogens is 2. The lowest BCUT2D eigenvalue weighted by Gasteiger charge is -2.10. The summed E-state index contributed by atoms with van der Waals surface area (Å²) in [6, 6.07) is 15.2. The second-order valence-electron chi connectivity index (χ2n) is 5.99. The van der Waals surface area contributed by atoms with E-state index in [2.05, 4.69) is 4.98 Å². The molecule has 0 fully saturated rings. The second-order valence-corrected chi connectivity index (χ2v) is 5.99. The molecule has 0 atom stereocenters. The van der Waals surface area contributed by atoms with Crippen LogP contribution in [0.5, 0.6) is 5.75 Å². The number of imidazole rings is 1. The van der Waals surface area contributed by atoms with Crippen LogP contribution in [0.15, 0.2) is 66.6 Å². The predicted octanol–water partition coefficient (Wildman–Crippen LogP) is 3.90. The zero-order chi connectivity index (χ0) is 18.5. The van der Waals surface area contributed by atoms with Crippen molar-refractivity contribution in [1.29, 1.82) is 0 Å². The summed E-state index contributed by atoms with van der Waals surface area (Å²) < 4.78 is 7.36. The number of aliphatic carboxylic acids is 1. The summed E-state index contributed by atoms with van der Waals surface area (Å²) >= 11 is 0. The summed E-state index contributed by atoms with van der Waals surface area (Å²) in [7, 11) is 1.60. The number of carboxylic acids is 1. The van der Waals surface area contributed by atoms with Crippen molar-refractivity contribution in [2.45, 2.75) is 13.3 Å². The molecule has 0 amide bonds. The third-order valence-electron chi connectivity index (χ3n) is 4.05. The minimum absolute atomic E-state index is 0.324. The maximum Gasteiger partial charge on any atom is 0.331 e. The van der Waals surface area contributed by atoms with Gasteiger partial charge in [0.25, 0.3) is 0 Å². The van der Waals surface area contributed by atoms with E-state index in [0.717, 1.165) is 22.5 Å². The molecule has 3 aromatic rings. The van der Waals surface area contributed by atoms with Crippen LogP contribution in [0.1, 0.15) is 16.8 Å². The van der Waals surface area contributed by atoms with E-state index >= 15 is 0 Å². The van der Waals surface area contributed by atoms with E-state index in [1.807, 2.05) is 66.2 Å². The molecule has 26 heavy (non-hydrogen) atoms. The van der Waals surface area contributed by atoms with Crippen LogP contribution in [0, 0.1) is 6.92 Å². The lowest BCUT2D eigenvalue weighted by atomic mass is 10.0. The molecule has 0 radical (unpaired) electrons. The SMILES string of the molecule is COc1cc(C=C(Cc2ccccc2)C(=O)O)ccc1-n1cnc(C)c1. The quantitative estimate of drug-likeness (QED) is 0.686. The number of methoxy groups -OCH3 is 1. The molecule has 0 spiro atoms. The number of carboxylic acid groups (broad SMARTS) is 1. The first-order valence-corrected chi connectivity index (χ1v) is 8.23. The normalized spacial score (nSPS) is 11.4. The van der Waals surface area contributed by atoms with E-state index in [9.17, 15) is 9.90 Å². The van der Waals surface area contributed by atoms with Gasteiger partial charge >= 0.3 is 5.97 Å². The number of hydrogen-bond acceptors (Lipinski definition) is 3. The molecule has 0 saturated heterocycles. The van der Waals surface area contributed by atoms with Crippen molar-refractivity contribution in [2.24, 2.45) is 0 Å². The van der Waals surface area contributed by atoms with Crippen LogP contribution in [0.3, 0.4) is 0 Å². The number of carbonyl (C=O) groups is 1. The molecular formula is C21H20N2O3. The van der Waals surface area contributed by atoms with Crippen molar-refractivity contribution in [3.63, 3.8) is 0 Å². The van der Waals surface area contributed by atoms with Crippen LogP contribution in [-0.4, -0.2) is 27.7 Å². The van der Waals surface area contributed by atoms with Crippen molar-refractivity contribution in [3.8, 4) is 11.4 Å². The van der Waals surface area contributed by atoms with Crippen molar-refractivity contribution in [2.75, 3.05) is 7.11 Å². The third kappa shape index (κ3) is 4.00. The largest absolute Gasteiger partial charge is 0.495 e. The molecule has 0 unspecified atom stereocenters. The number of nitrogens with zero attached hydrogens (tertiary/aromatic N) is 2. The standard InChI is InChI=1S/C21H20N2O3/c1-15-13-23(14-22-15)19-9-8-17(12-20(19)26-2)11-18(21(24)25)10-16-6-4-3-5-7-16/h3-9,11-14H,10H2,1-2H3,(H,24,25). The Kier molecular flexibility index (Phi) is 5.17. The zero-order valence-electron chi connectivity index (χ0n) is 14.7. The first kappa shape index (κ1) is 17.5. The molecule has 0 bridgehead atoms. The highest BCUT2D eigenvalue weighted by molar-refractivity contribution is 5.92. The van der Waals surface area contributed by atoms with Gasteiger partial charge in [-0.1, -0.05) is 36.4 Å². The molecule has 0 saturated carbocycles. The van der Waals surface area contributed by atoms with Crippen LogP contribution < -0.4 is 4.74 Å². The Morgan fingerprint density at radius 2 is 2.00 bits per heavy atom. The number of hydrogen-bond donors (Lipinski definition) is 1. The minimum atomic E-state index is -0.929. The van der Waals surface area contributed by atoms with Gasteiger partial charge in [-0.05, 0) is 36.3 Å². The van der Waals surface area contributed by atoms with Crippen LogP contribution in [0.4, 0.5) is 0 Å². The van der Waals surface area contributed by atoms with Gasteiger partial charge in [-0.15, -0.1) is 0 Å². The van der Waals surface area contributed by atoms with E-state index in [1.165, 1.54) is 0 Å². The number of ether oxygens (including phenoxy) is 1. The monoisotopic (exact) mass is 348 g/mol. The lowest BCUT2D eigenvalue weighted by molar-refractivity contribution is -0.132. The molecule has 5 heteroatoms. The van der Waals surface area contributed by atoms with Gasteiger partial charge in [-0.2, -0.15) is 0 Å². The van der Waals surface area contributed by atoms with E-state index in [4.69, 9.17) is 4.74 Å². The molecule has 0 aliphatic rings. The van der Waals surface area contributed by atoms with Gasteiger partial charge in [0.2, 0.25) is 0 Å². The topological polar surface area (TPSA) is 64.3 Å². The number of aryl methyl sites for hydroxylation is 1. The highest BCUT2D eigenvalue weighted by Crippen LogP contribution is 2.26. The smallest absolute Gasteiger partial charge is 0.331 e. The van der Waals surface area contributed by atoms with Gasteiger partial charge in [0.15, 0.2) is 0 Å². The minimum Gasteiger partial charge on any atom is -0.495 e. The van der Waals surface area contributed by atoms with Crippen LogP contribution in [-0.2, 0) is 11.2 Å². The number of benzene rings is 2. The van der Waals surface area contributed by atoms with Crippen LogP contribution in [0.25, 0.3) is 11.8 Å². The summed E-state index contributed by atoms with van der Waals surface area (Å²) in [5.74, 6) is -0.275. The first-order chi connectivity index (χ1) is 12.6. The lowest BCUT2D eigenvalue weighted by Crippen LogP contribution is -2.04. The van der Waals surface area contributed by atoms with E-state index in [-0.39, 0.29) is 0 Å². The maximum absolute atomic E-state index is 11.6. The van der Waals surface area contributed by atoms with Gasteiger partial charge in [0.05, 0.1) is 24.8 Å². The van der Waals surface area contributed by atoms with Gasteiger partial charge < -0.3 is 14.4 Å². The average Bonchev–Trinajstić information content (AvgIpc) is 3.08. The Morgan fingerprint density at radius 3 is 2.62 bits per heavy atom. The molecule has 0 aliphatic heterocycles. The summed E-state index contributed by atoms with van der Waals surface area (Å²) in [6.45, 7) is 1.92. The number of rotatable bonds is 6. The summed E-state index contributed by atoms with van der Waals surface area (Å²) in [5.41, 5.74) is 3.82. The second kappa shape index (κ2) is 7.70. The summed E-state index contributed by atoms with van der Waals surface area (Å²) in [4.78, 5) is 15.9. The van der Waals surface area contributed by atoms with Crippen LogP contribution in [0.2, 0.25) is 0 Å². The Labute approximate surface area is 152 Å². The van der Waals surface area contributed by atoms with Gasteiger partial charge in [0, 0.05) is 18.2 Å². The van der Waals surface area contributed by atoms with Gasteiger partial charge in [-0.3, -0.25) is 0 Å². The van der Waals surface area contributed by atoms with Crippen molar-refractivity contribution >= 4 is 12.0 Å². The fourth-order valence-electron chi connectivity index (χ4n) is 2.76. The summed E-state index contributed by atoms with van der Waals surface area (Å²) in [5, 5.41) is 9.55. The fraction of sp³-hybridized carbons (Fsp3) is 0.143. The maximum atomic E-state index is 11.6. The van der Waals surface area contributed by atoms with Gasteiger partial charge in [-0.25, -0.2) is 9.78 Å². The third-order valence-corrected chi connectivity index (χ3v) is 4.05. The average molecular weight is 348 g/mol. The Hall–Kier alpha value is -3.34. The molecule has 1 heterocycles. The van der Waals surface area contributed by atoms with Crippen molar-refractivity contribution in [1.82, 2.24) is 9.55 Å².